The lowest BCUT2D eigenvalue weighted by Gasteiger charge is -2.31. The second kappa shape index (κ2) is 62.7. The van der Waals surface area contributed by atoms with Crippen molar-refractivity contribution in [2.45, 2.75) is 232 Å². The van der Waals surface area contributed by atoms with Gasteiger partial charge in [-0.2, -0.15) is 0 Å². The molecule has 44 N–H and O–H groups in total. The van der Waals surface area contributed by atoms with Crippen molar-refractivity contribution < 1.29 is 87.2 Å². The number of nitrogens with two attached hydrogens (primary N) is 9. The molecular weight excluding hydrogens is 1850 g/mol. The number of hydrogen-bond acceptors (Lipinski definition) is 27. The Hall–Kier alpha value is -14.0. The monoisotopic (exact) mass is 1990 g/mol. The predicted molar refractivity (Wildman–Crippen MR) is 521 cm³/mol. The van der Waals surface area contributed by atoms with E-state index >= 15 is 57.5 Å². The Morgan fingerprint density at radius 2 is 0.799 bits per heavy atom. The van der Waals surface area contributed by atoms with Crippen molar-refractivity contribution in [2.75, 3.05) is 70.4 Å². The number of aromatic hydroxyl groups is 2. The van der Waals surface area contributed by atoms with Crippen LogP contribution in [-0.4, -0.2) is 294 Å². The number of carbonyl (C=O) groups is 15. The number of guanidine groups is 5. The molecule has 768 valence electrons. The lowest BCUT2D eigenvalue weighted by molar-refractivity contribution is -0.142. The minimum Gasteiger partial charge on any atom is -0.508 e. The van der Waals surface area contributed by atoms with Gasteiger partial charge < -0.3 is 168 Å². The molecule has 139 heavy (non-hydrogen) atoms. The van der Waals surface area contributed by atoms with Gasteiger partial charge in [-0.3, -0.25) is 89.4 Å². The zero-order valence-corrected chi connectivity index (χ0v) is 79.2. The van der Waals surface area contributed by atoms with Gasteiger partial charge in [0.15, 0.2) is 29.8 Å². The molecule has 2 fully saturated rings. The van der Waals surface area contributed by atoms with E-state index in [9.17, 15) is 29.7 Å². The van der Waals surface area contributed by atoms with Crippen LogP contribution in [0.25, 0.3) is 0 Å². The van der Waals surface area contributed by atoms with Gasteiger partial charge in [-0.25, -0.2) is 9.59 Å². The highest BCUT2D eigenvalue weighted by Gasteiger charge is 2.42. The van der Waals surface area contributed by atoms with E-state index in [4.69, 9.17) is 78.6 Å². The molecule has 0 radical (unpaired) electrons. The Morgan fingerprint density at radius 3 is 1.25 bits per heavy atom. The van der Waals surface area contributed by atoms with Crippen LogP contribution in [-0.2, 0) is 86.4 Å². The van der Waals surface area contributed by atoms with Gasteiger partial charge in [0, 0.05) is 76.6 Å². The van der Waals surface area contributed by atoms with Gasteiger partial charge in [-0.1, -0.05) is 76.2 Å². The van der Waals surface area contributed by atoms with Crippen molar-refractivity contribution in [3.05, 3.63) is 95.6 Å². The molecule has 0 saturated carbocycles. The number of rotatable bonds is 47. The first-order valence-corrected chi connectivity index (χ1v) is 48.4. The van der Waals surface area contributed by atoms with E-state index < -0.39 is 222 Å². The number of carbonyl (C=O) groups excluding carboxylic acids is 14. The van der Waals surface area contributed by atoms with Crippen LogP contribution in [0.1, 0.15) is 145 Å². The van der Waals surface area contributed by atoms with E-state index in [-0.39, 0.29) is 204 Å². The van der Waals surface area contributed by atoms with Crippen molar-refractivity contribution in [1.82, 2.24) is 101 Å². The highest BCUT2D eigenvalue weighted by atomic mass is 33.1. The second-order valence-corrected chi connectivity index (χ2v) is 35.8. The van der Waals surface area contributed by atoms with E-state index in [1.54, 1.807) is 30.3 Å². The molecule has 0 bridgehead atoms. The number of primary amides is 1. The maximum Gasteiger partial charge on any atom is 0.326 e. The molecule has 3 aromatic carbocycles. The lowest BCUT2D eigenvalue weighted by atomic mass is 10.0. The molecule has 0 spiro atoms. The SMILES string of the molecule is N=C(N)NCCC[C@H](NC(=O)[C@@H]1CSSC[C@H](NC(=O)[C@H](CCCNC(=N)N)NC(=O)[C@@H](Cc2ccccc2)NC(=O)[C@@H](N)CCCNC(=N)N)C(=O)N[C@@H](Cc2ccc(O)cc2)C(=O)N[C@@H](CCCNC(=N)N)C(=O)N[C@@H](CCCCN)C(=O)N[C@H](CCCCN)C(=O)N2CCC[C@H]2C(=O)N[C@@H](Cc2ccc(O)cc2)C(=O)N[C@@H](CCCNC(=N)N)C(=O)N[C@@H](CCCNC(N)=O)C(=O)N1)C(=O)O. The Labute approximate surface area is 812 Å². The molecule has 53 heteroatoms. The highest BCUT2D eigenvalue weighted by Crippen LogP contribution is 2.26. The van der Waals surface area contributed by atoms with E-state index in [2.05, 4.69) is 95.7 Å². The summed E-state index contributed by atoms with van der Waals surface area (Å²) in [5.74, 6) is -18.5. The number of benzene rings is 3. The van der Waals surface area contributed by atoms with Crippen LogP contribution >= 0.6 is 21.6 Å². The maximum absolute atomic E-state index is 15.8. The molecule has 2 saturated heterocycles. The van der Waals surface area contributed by atoms with Crippen molar-refractivity contribution in [3.63, 3.8) is 0 Å². The summed E-state index contributed by atoms with van der Waals surface area (Å²) in [7, 11) is 1.45. The fourth-order valence-electron chi connectivity index (χ4n) is 14.7. The van der Waals surface area contributed by atoms with E-state index in [1.807, 2.05) is 0 Å². The topological polar surface area (TPSA) is 890 Å². The minimum absolute atomic E-state index is 0.0129. The number of hydrogen-bond donors (Lipinski definition) is 35. The highest BCUT2D eigenvalue weighted by molar-refractivity contribution is 8.76. The fourth-order valence-corrected chi connectivity index (χ4v) is 17.1. The number of urea groups is 1. The maximum atomic E-state index is 15.8. The minimum atomic E-state index is -1.90. The number of nitrogens with one attached hydrogen (secondary N) is 23. The molecule has 0 unspecified atom stereocenters. The number of aliphatic carboxylic acids is 1. The van der Waals surface area contributed by atoms with Crippen LogP contribution in [0.2, 0.25) is 0 Å². The van der Waals surface area contributed by atoms with Crippen LogP contribution in [0.15, 0.2) is 78.9 Å². The van der Waals surface area contributed by atoms with Crippen molar-refractivity contribution in [2.24, 2.45) is 51.6 Å². The van der Waals surface area contributed by atoms with Crippen molar-refractivity contribution in [3.8, 4) is 11.5 Å². The summed E-state index contributed by atoms with van der Waals surface area (Å²) < 4.78 is 0. The summed E-state index contributed by atoms with van der Waals surface area (Å²) in [6, 6.07) is -4.36. The van der Waals surface area contributed by atoms with Crippen LogP contribution in [0.3, 0.4) is 0 Å². The van der Waals surface area contributed by atoms with Crippen LogP contribution in [0.5, 0.6) is 11.5 Å². The summed E-state index contributed by atoms with van der Waals surface area (Å²) in [5.41, 5.74) is 52.8. The third-order valence-electron chi connectivity index (χ3n) is 22.1. The average molecular weight is 1990 g/mol. The Bertz CT molecular complexity index is 4590. The van der Waals surface area contributed by atoms with E-state index in [1.165, 1.54) is 53.4 Å². The zero-order chi connectivity index (χ0) is 102. The summed E-state index contributed by atoms with van der Waals surface area (Å²) >= 11 is 0. The van der Waals surface area contributed by atoms with Crippen molar-refractivity contribution >= 4 is 140 Å². The van der Waals surface area contributed by atoms with Crippen LogP contribution in [0.4, 0.5) is 4.79 Å². The first-order chi connectivity index (χ1) is 66.2. The fraction of sp³-hybridized carbons (Fsp3) is 0.558. The Kier molecular flexibility index (Phi) is 52.1. The number of carboxylic acids is 1. The normalized spacial score (nSPS) is 20.4. The first-order valence-electron chi connectivity index (χ1n) is 45.9. The van der Waals surface area contributed by atoms with Crippen molar-refractivity contribution in [1.29, 1.82) is 27.0 Å². The van der Waals surface area contributed by atoms with Gasteiger partial charge in [-0.05, 0) is 182 Å². The number of phenols is 2. The third-order valence-corrected chi connectivity index (χ3v) is 24.6. The summed E-state index contributed by atoms with van der Waals surface area (Å²) in [4.78, 5) is 224. The quantitative estimate of drug-likeness (QED) is 0.0108. The van der Waals surface area contributed by atoms with Gasteiger partial charge in [0.25, 0.3) is 0 Å². The third kappa shape index (κ3) is 44.8. The van der Waals surface area contributed by atoms with Gasteiger partial charge in [0.2, 0.25) is 76.8 Å². The van der Waals surface area contributed by atoms with E-state index in [0.717, 1.165) is 21.6 Å². The number of fused-ring (bicyclic) bond motifs is 1. The van der Waals surface area contributed by atoms with Gasteiger partial charge in [0.1, 0.15) is 90.0 Å². The number of nitrogens with zero attached hydrogens (tertiary/aromatic N) is 1. The summed E-state index contributed by atoms with van der Waals surface area (Å²) in [6.45, 7) is -0.120. The summed E-state index contributed by atoms with van der Waals surface area (Å²) in [6.07, 6.45) is -1.43. The predicted octanol–water partition coefficient (Wildman–Crippen LogP) is -7.24. The number of carboxylic acid groups (broad SMARTS) is 1. The molecular formula is C86H139N33O18S2. The van der Waals surface area contributed by atoms with E-state index in [0.29, 0.717) is 24.0 Å². The number of phenolic OH excluding ortho intramolecular Hbond substituents is 2. The first kappa shape index (κ1) is 116. The molecule has 5 rings (SSSR count). The van der Waals surface area contributed by atoms with Gasteiger partial charge in [0.05, 0.1) is 6.04 Å². The Morgan fingerprint density at radius 1 is 0.410 bits per heavy atom. The molecule has 0 aliphatic carbocycles. The molecule has 15 amide bonds. The standard InChI is InChI=1S/C86H139N33O18S2/c87-34-6-4-18-54-70(125)112-59(19-5-7-35-88)79(134)119-42-14-25-66(119)78(133)116-63(45-50-28-32-52(121)33-29-50)75(130)110-56(21-10-38-103-83(94)95)69(124)108-57(23-12-41-106-86(100)137)71(126)117-64(76(131)113-60(80(135)136)24-13-40-105-85(98)99)46-138-139-47-65(77(132)115-62(44-49-26-30-51(120)31-27-49)74(129)109-55(68(123)107-54)20-9-37-102-82(92)93)118-72(127)58(22-11-39-104-84(96)97)111-73(128)61(43-48-15-2-1-3-16-48)114-67(122)53(89)17-8-36-101-81(90)91/h1-3,15-16,26-33,53-66,120-121H,4-14,17-25,34-47,87-89H2,(H,107,123)(H,108,124)(H,109,129)(H,110,130)(H,111,128)(H,112,125)(H,113,131)(H,114,122)(H,115,132)(H,116,133)(H,117,126)(H,118,127)(H,135,136)(H4,90,91,101)(H4,92,93,102)(H4,94,95,103)(H4,96,97,104)(H4,98,99,105)(H3,100,106,137)/t53-,54-,55-,56-,57-,58-,59+,60-,61+,62-,63-,64-,65-,66-/m0/s1. The smallest absolute Gasteiger partial charge is 0.326 e. The van der Waals surface area contributed by atoms with Gasteiger partial charge in [-0.15, -0.1) is 0 Å². The zero-order valence-electron chi connectivity index (χ0n) is 77.6. The number of amides is 15. The summed E-state index contributed by atoms with van der Waals surface area (Å²) in [5, 5.41) is 118. The second-order valence-electron chi connectivity index (χ2n) is 33.3. The molecule has 14 atom stereocenters. The lowest BCUT2D eigenvalue weighted by Crippen LogP contribution is -2.61. The Balaban J connectivity index is 1.82. The van der Waals surface area contributed by atoms with Crippen LogP contribution in [0, 0.1) is 27.0 Å². The molecule has 2 aliphatic rings. The average Bonchev–Trinajstić information content (AvgIpc) is 1.70. The molecule has 2 aliphatic heterocycles. The molecule has 51 nitrogen and oxygen atoms in total. The van der Waals surface area contributed by atoms with Gasteiger partial charge >= 0.3 is 12.0 Å². The molecule has 2 heterocycles. The largest absolute Gasteiger partial charge is 0.508 e. The number of unbranched alkanes of at least 4 members (excludes halogenated alkanes) is 2. The molecule has 0 aromatic heterocycles. The molecule has 3 aromatic rings. The van der Waals surface area contributed by atoms with Crippen LogP contribution < -0.4 is 147 Å².